The van der Waals surface area contributed by atoms with Gasteiger partial charge >= 0.3 is 0 Å². The lowest BCUT2D eigenvalue weighted by Gasteiger charge is -2.46. The molecule has 2 fully saturated rings. The summed E-state index contributed by atoms with van der Waals surface area (Å²) in [5.74, 6) is 0.905. The average Bonchev–Trinajstić information content (AvgIpc) is 3.23. The summed E-state index contributed by atoms with van der Waals surface area (Å²) in [4.78, 5) is 29.5. The van der Waals surface area contributed by atoms with Gasteiger partial charge < -0.3 is 15.0 Å². The topological polar surface area (TPSA) is 79.7 Å². The van der Waals surface area contributed by atoms with Crippen LogP contribution in [0.1, 0.15) is 25.8 Å². The third kappa shape index (κ3) is 3.79. The van der Waals surface area contributed by atoms with Crippen LogP contribution in [0.3, 0.4) is 0 Å². The number of carbonyl (C=O) groups is 2. The van der Waals surface area contributed by atoms with Crippen LogP contribution in [0, 0.1) is 5.92 Å². The molecule has 0 radical (unpaired) electrons. The lowest BCUT2D eigenvalue weighted by Crippen LogP contribution is -2.70. The second-order valence-corrected chi connectivity index (χ2v) is 8.12. The molecule has 8 heteroatoms. The van der Waals surface area contributed by atoms with Crippen molar-refractivity contribution in [3.05, 3.63) is 42.2 Å². The number of nitrogens with one attached hydrogen (secondary N) is 1. The van der Waals surface area contributed by atoms with Crippen molar-refractivity contribution in [2.75, 3.05) is 26.7 Å². The van der Waals surface area contributed by atoms with Crippen LogP contribution in [0.2, 0.25) is 0 Å². The zero-order valence-electron chi connectivity index (χ0n) is 17.7. The minimum absolute atomic E-state index is 0.0469. The van der Waals surface area contributed by atoms with Crippen molar-refractivity contribution in [3.63, 3.8) is 0 Å². The number of para-hydroxylation sites is 2. The Morgan fingerprint density at radius 3 is 2.83 bits per heavy atom. The smallest absolute Gasteiger partial charge is 0.246 e. The van der Waals surface area contributed by atoms with Gasteiger partial charge in [0.1, 0.15) is 23.5 Å². The second-order valence-electron chi connectivity index (χ2n) is 8.12. The van der Waals surface area contributed by atoms with E-state index in [1.165, 1.54) is 0 Å². The summed E-state index contributed by atoms with van der Waals surface area (Å²) in [7, 11) is 1.64. The van der Waals surface area contributed by atoms with Gasteiger partial charge in [0, 0.05) is 37.9 Å². The summed E-state index contributed by atoms with van der Waals surface area (Å²) < 4.78 is 7.22. The van der Waals surface area contributed by atoms with Gasteiger partial charge in [0.15, 0.2) is 0 Å². The fourth-order valence-corrected chi connectivity index (χ4v) is 4.23. The van der Waals surface area contributed by atoms with E-state index in [0.717, 1.165) is 30.0 Å². The van der Waals surface area contributed by atoms with E-state index in [0.29, 0.717) is 19.6 Å². The molecule has 3 atom stereocenters. The standard InChI is InChI=1S/C22H29N5O3/c1-4-15(2)20-22(29)26-10-9-25(14-18(26)21(28)24-20)12-16-11-23-27(13-16)17-7-5-6-8-19(17)30-3/h5-8,11,13,15,18,20H,4,9-10,12,14H2,1-3H3,(H,24,28)/t15-,18+,20-/m0/s1. The Hall–Kier alpha value is -2.87. The van der Waals surface area contributed by atoms with Crippen molar-refractivity contribution in [2.45, 2.75) is 38.9 Å². The minimum atomic E-state index is -0.421. The maximum atomic E-state index is 12.9. The van der Waals surface area contributed by atoms with Gasteiger partial charge in [0.2, 0.25) is 11.8 Å². The largest absolute Gasteiger partial charge is 0.494 e. The average molecular weight is 412 g/mol. The van der Waals surface area contributed by atoms with Crippen molar-refractivity contribution in [1.82, 2.24) is 24.9 Å². The zero-order valence-corrected chi connectivity index (χ0v) is 17.7. The van der Waals surface area contributed by atoms with Gasteiger partial charge in [0.25, 0.3) is 0 Å². The monoisotopic (exact) mass is 411 g/mol. The maximum absolute atomic E-state index is 12.9. The van der Waals surface area contributed by atoms with Gasteiger partial charge in [-0.05, 0) is 18.1 Å². The molecule has 0 saturated carbocycles. The van der Waals surface area contributed by atoms with Gasteiger partial charge in [-0.3, -0.25) is 14.5 Å². The number of hydrogen-bond acceptors (Lipinski definition) is 5. The quantitative estimate of drug-likeness (QED) is 0.778. The number of piperazine rings is 2. The molecule has 1 aromatic carbocycles. The van der Waals surface area contributed by atoms with Gasteiger partial charge in [-0.25, -0.2) is 4.68 Å². The normalized spacial score (nSPS) is 23.1. The van der Waals surface area contributed by atoms with E-state index in [2.05, 4.69) is 15.3 Å². The number of nitrogens with zero attached hydrogens (tertiary/aromatic N) is 4. The third-order valence-electron chi connectivity index (χ3n) is 6.20. The molecule has 2 amide bonds. The predicted octanol–water partition coefficient (Wildman–Crippen LogP) is 1.44. The van der Waals surface area contributed by atoms with E-state index in [1.54, 1.807) is 16.7 Å². The van der Waals surface area contributed by atoms with Crippen LogP contribution in [0.15, 0.2) is 36.7 Å². The molecule has 0 spiro atoms. The number of aromatic nitrogens is 2. The van der Waals surface area contributed by atoms with E-state index < -0.39 is 12.1 Å². The molecule has 2 aliphatic heterocycles. The highest BCUT2D eigenvalue weighted by Gasteiger charge is 2.44. The predicted molar refractivity (Wildman–Crippen MR) is 112 cm³/mol. The second kappa shape index (κ2) is 8.47. The van der Waals surface area contributed by atoms with Crippen molar-refractivity contribution in [1.29, 1.82) is 0 Å². The summed E-state index contributed by atoms with van der Waals surface area (Å²) in [6.07, 6.45) is 4.68. The van der Waals surface area contributed by atoms with E-state index in [1.807, 2.05) is 50.5 Å². The summed E-state index contributed by atoms with van der Waals surface area (Å²) >= 11 is 0. The number of ether oxygens (including phenoxy) is 1. The molecule has 160 valence electrons. The fraction of sp³-hybridized carbons (Fsp3) is 0.500. The van der Waals surface area contributed by atoms with Gasteiger partial charge in [-0.15, -0.1) is 0 Å². The van der Waals surface area contributed by atoms with Crippen molar-refractivity contribution in [3.8, 4) is 11.4 Å². The number of fused-ring (bicyclic) bond motifs is 1. The Morgan fingerprint density at radius 2 is 2.07 bits per heavy atom. The molecule has 8 nitrogen and oxygen atoms in total. The summed E-state index contributed by atoms with van der Waals surface area (Å²) in [5, 5.41) is 7.43. The number of methoxy groups -OCH3 is 1. The fourth-order valence-electron chi connectivity index (χ4n) is 4.23. The van der Waals surface area contributed by atoms with Crippen LogP contribution in [0.25, 0.3) is 5.69 Å². The first kappa shape index (κ1) is 20.4. The number of carbonyl (C=O) groups excluding carboxylic acids is 2. The van der Waals surface area contributed by atoms with E-state index >= 15 is 0 Å². The summed E-state index contributed by atoms with van der Waals surface area (Å²) in [6, 6.07) is 6.92. The number of hydrogen-bond donors (Lipinski definition) is 1. The molecule has 2 aromatic rings. The highest BCUT2D eigenvalue weighted by Crippen LogP contribution is 2.24. The molecule has 30 heavy (non-hydrogen) atoms. The van der Waals surface area contributed by atoms with Crippen LogP contribution in [0.4, 0.5) is 0 Å². The Bertz CT molecular complexity index is 927. The summed E-state index contributed by atoms with van der Waals surface area (Å²) in [5.41, 5.74) is 1.93. The van der Waals surface area contributed by atoms with Crippen LogP contribution in [0.5, 0.6) is 5.75 Å². The van der Waals surface area contributed by atoms with Crippen LogP contribution >= 0.6 is 0 Å². The third-order valence-corrected chi connectivity index (χ3v) is 6.20. The number of amides is 2. The van der Waals surface area contributed by atoms with Crippen molar-refractivity contribution < 1.29 is 14.3 Å². The lowest BCUT2D eigenvalue weighted by molar-refractivity contribution is -0.154. The zero-order chi connectivity index (χ0) is 21.3. The minimum Gasteiger partial charge on any atom is -0.494 e. The first-order valence-electron chi connectivity index (χ1n) is 10.5. The van der Waals surface area contributed by atoms with Crippen molar-refractivity contribution >= 4 is 11.8 Å². The first-order valence-corrected chi connectivity index (χ1v) is 10.5. The van der Waals surface area contributed by atoms with Crippen LogP contribution < -0.4 is 10.1 Å². The van der Waals surface area contributed by atoms with E-state index in [-0.39, 0.29) is 17.7 Å². The maximum Gasteiger partial charge on any atom is 0.246 e. The molecular formula is C22H29N5O3. The summed E-state index contributed by atoms with van der Waals surface area (Å²) in [6.45, 7) is 6.58. The Morgan fingerprint density at radius 1 is 1.27 bits per heavy atom. The van der Waals surface area contributed by atoms with Crippen molar-refractivity contribution in [2.24, 2.45) is 5.92 Å². The van der Waals surface area contributed by atoms with Crippen LogP contribution in [-0.2, 0) is 16.1 Å². The number of rotatable bonds is 6. The lowest BCUT2D eigenvalue weighted by atomic mass is 9.93. The van der Waals surface area contributed by atoms with E-state index in [9.17, 15) is 9.59 Å². The molecule has 2 aliphatic rings. The molecule has 2 saturated heterocycles. The molecule has 3 heterocycles. The molecule has 0 unspecified atom stereocenters. The van der Waals surface area contributed by atoms with Gasteiger partial charge in [-0.1, -0.05) is 32.4 Å². The molecule has 1 aromatic heterocycles. The molecule has 0 aliphatic carbocycles. The Balaban J connectivity index is 1.43. The number of benzene rings is 1. The SMILES string of the molecule is CC[C@H](C)[C@@H]1NC(=O)[C@H]2CN(Cc3cnn(-c4ccccc4OC)c3)CCN2C1=O. The molecule has 0 bridgehead atoms. The molecule has 4 rings (SSSR count). The molecular weight excluding hydrogens is 382 g/mol. The van der Waals surface area contributed by atoms with Gasteiger partial charge in [0.05, 0.1) is 13.3 Å². The Labute approximate surface area is 176 Å². The Kier molecular flexibility index (Phi) is 5.76. The highest BCUT2D eigenvalue weighted by molar-refractivity contribution is 5.97. The highest BCUT2D eigenvalue weighted by atomic mass is 16.5. The van der Waals surface area contributed by atoms with Gasteiger partial charge in [-0.2, -0.15) is 5.10 Å². The molecule has 1 N–H and O–H groups in total. The first-order chi connectivity index (χ1) is 14.5. The van der Waals surface area contributed by atoms with Crippen LogP contribution in [-0.4, -0.2) is 70.2 Å². The van der Waals surface area contributed by atoms with E-state index in [4.69, 9.17) is 4.74 Å².